The van der Waals surface area contributed by atoms with Gasteiger partial charge in [-0.2, -0.15) is 5.10 Å². The van der Waals surface area contributed by atoms with E-state index in [1.807, 2.05) is 48.5 Å². The van der Waals surface area contributed by atoms with Gasteiger partial charge in [0.2, 0.25) is 0 Å². The first-order valence-corrected chi connectivity index (χ1v) is 13.4. The van der Waals surface area contributed by atoms with E-state index in [4.69, 9.17) is 49.4 Å². The third kappa shape index (κ3) is 5.48. The average molecular weight is 571 g/mol. The molecule has 196 valence electrons. The number of nitrogens with zero attached hydrogens (tertiary/aromatic N) is 2. The van der Waals surface area contributed by atoms with Crippen LogP contribution in [0.4, 0.5) is 0 Å². The molecule has 3 aromatic carbocycles. The van der Waals surface area contributed by atoms with Gasteiger partial charge in [0.25, 0.3) is 5.91 Å². The highest BCUT2D eigenvalue weighted by Crippen LogP contribution is 2.42. The third-order valence-corrected chi connectivity index (χ3v) is 7.14. The number of aromatic nitrogens is 2. The second kappa shape index (κ2) is 10.9. The van der Waals surface area contributed by atoms with Gasteiger partial charge in [0.1, 0.15) is 17.1 Å². The van der Waals surface area contributed by atoms with Crippen LogP contribution < -0.4 is 14.8 Å². The predicted octanol–water partition coefficient (Wildman–Crippen LogP) is 7.69. The number of carbonyl (C=O) groups is 1. The summed E-state index contributed by atoms with van der Waals surface area (Å²) in [6.07, 6.45) is 1.39. The van der Waals surface area contributed by atoms with Gasteiger partial charge in [-0.05, 0) is 75.2 Å². The van der Waals surface area contributed by atoms with Gasteiger partial charge in [-0.15, -0.1) is 0 Å². The first-order valence-electron chi connectivity index (χ1n) is 12.2. The Morgan fingerprint density at radius 2 is 1.66 bits per heavy atom. The molecule has 2 heterocycles. The summed E-state index contributed by atoms with van der Waals surface area (Å²) in [5, 5.41) is 9.87. The largest absolute Gasteiger partial charge is 0.489 e. The van der Waals surface area contributed by atoms with E-state index in [-0.39, 0.29) is 5.91 Å². The SMILES string of the molecule is CC(C)(Oc1ccc(Cl)cc1)C(=O)NC1CCCOc2c1nn(-c1ccccc1Cl)c2-c1ccc(Cl)cc1. The minimum absolute atomic E-state index is 0.273. The number of nitrogens with one attached hydrogen (secondary N) is 1. The number of hydrogen-bond donors (Lipinski definition) is 1. The minimum atomic E-state index is -1.15. The second-order valence-corrected chi connectivity index (χ2v) is 10.8. The molecule has 1 aromatic heterocycles. The highest BCUT2D eigenvalue weighted by molar-refractivity contribution is 6.32. The molecular weight excluding hydrogens is 545 g/mol. The molecule has 1 aliphatic heterocycles. The van der Waals surface area contributed by atoms with Gasteiger partial charge in [0.05, 0.1) is 23.4 Å². The van der Waals surface area contributed by atoms with Gasteiger partial charge >= 0.3 is 0 Å². The van der Waals surface area contributed by atoms with Crippen LogP contribution in [0.15, 0.2) is 72.8 Å². The van der Waals surface area contributed by atoms with E-state index in [2.05, 4.69) is 5.32 Å². The van der Waals surface area contributed by atoms with Crippen LogP contribution >= 0.6 is 34.8 Å². The van der Waals surface area contributed by atoms with E-state index in [0.717, 1.165) is 17.7 Å². The first kappa shape index (κ1) is 26.4. The molecule has 5 rings (SSSR count). The van der Waals surface area contributed by atoms with Crippen molar-refractivity contribution in [2.45, 2.75) is 38.3 Å². The summed E-state index contributed by atoms with van der Waals surface area (Å²) < 4.78 is 14.0. The summed E-state index contributed by atoms with van der Waals surface area (Å²) in [5.74, 6) is 0.879. The van der Waals surface area contributed by atoms with Crippen LogP contribution in [0.1, 0.15) is 38.4 Å². The highest BCUT2D eigenvalue weighted by Gasteiger charge is 2.36. The van der Waals surface area contributed by atoms with Crippen molar-refractivity contribution in [2.75, 3.05) is 6.61 Å². The van der Waals surface area contributed by atoms with Gasteiger partial charge in [-0.3, -0.25) is 4.79 Å². The Kier molecular flexibility index (Phi) is 7.57. The molecule has 9 heteroatoms. The molecule has 0 spiro atoms. The summed E-state index contributed by atoms with van der Waals surface area (Å²) in [6.45, 7) is 3.94. The number of amides is 1. The Bertz CT molecular complexity index is 1450. The number of ether oxygens (including phenoxy) is 2. The van der Waals surface area contributed by atoms with Gasteiger partial charge in [0.15, 0.2) is 11.4 Å². The van der Waals surface area contributed by atoms with E-state index >= 15 is 0 Å². The second-order valence-electron chi connectivity index (χ2n) is 9.52. The number of fused-ring (bicyclic) bond motifs is 1. The Morgan fingerprint density at radius 1 is 1.00 bits per heavy atom. The van der Waals surface area contributed by atoms with Crippen LogP contribution in [-0.4, -0.2) is 27.9 Å². The molecular formula is C29H26Cl3N3O3. The van der Waals surface area contributed by atoms with Crippen molar-refractivity contribution >= 4 is 40.7 Å². The molecule has 1 unspecified atom stereocenters. The van der Waals surface area contributed by atoms with Crippen molar-refractivity contribution in [3.63, 3.8) is 0 Å². The maximum Gasteiger partial charge on any atom is 0.264 e. The van der Waals surface area contributed by atoms with Crippen molar-refractivity contribution in [3.05, 3.63) is 93.6 Å². The molecule has 0 fully saturated rings. The molecule has 38 heavy (non-hydrogen) atoms. The van der Waals surface area contributed by atoms with Crippen molar-refractivity contribution in [3.8, 4) is 28.4 Å². The number of halogens is 3. The normalized spacial score (nSPS) is 15.2. The fourth-order valence-corrected chi connectivity index (χ4v) is 4.83. The standard InChI is InChI=1S/C29H26Cl3N3O3/c1-29(2,38-21-15-13-20(31)14-16-21)28(36)33-23-7-5-17-37-27-25(23)34-35(24-8-4-3-6-22(24)32)26(27)18-9-11-19(30)12-10-18/h3-4,6,8-16,23H,5,7,17H2,1-2H3,(H,33,36). The average Bonchev–Trinajstić information content (AvgIpc) is 3.15. The zero-order valence-electron chi connectivity index (χ0n) is 20.9. The molecule has 1 atom stereocenters. The fourth-order valence-electron chi connectivity index (χ4n) is 4.36. The summed E-state index contributed by atoms with van der Waals surface area (Å²) in [5.41, 5.74) is 1.78. The number of para-hydroxylation sites is 1. The summed E-state index contributed by atoms with van der Waals surface area (Å²) in [4.78, 5) is 13.5. The van der Waals surface area contributed by atoms with Crippen LogP contribution in [0.3, 0.4) is 0 Å². The van der Waals surface area contributed by atoms with Gasteiger partial charge in [0, 0.05) is 15.6 Å². The molecule has 1 amide bonds. The lowest BCUT2D eigenvalue weighted by molar-refractivity contribution is -0.135. The van der Waals surface area contributed by atoms with Crippen LogP contribution in [-0.2, 0) is 4.79 Å². The van der Waals surface area contributed by atoms with Crippen molar-refractivity contribution in [1.29, 1.82) is 0 Å². The zero-order valence-corrected chi connectivity index (χ0v) is 23.1. The van der Waals surface area contributed by atoms with Crippen molar-refractivity contribution in [2.24, 2.45) is 0 Å². The van der Waals surface area contributed by atoms with E-state index in [1.165, 1.54) is 0 Å². The lowest BCUT2D eigenvalue weighted by Gasteiger charge is -2.27. The molecule has 0 aliphatic carbocycles. The van der Waals surface area contributed by atoms with E-state index < -0.39 is 11.6 Å². The Hall–Kier alpha value is -3.19. The van der Waals surface area contributed by atoms with Crippen molar-refractivity contribution in [1.82, 2.24) is 15.1 Å². The topological polar surface area (TPSA) is 65.4 Å². The lowest BCUT2D eigenvalue weighted by Crippen LogP contribution is -2.47. The quantitative estimate of drug-likeness (QED) is 0.258. The highest BCUT2D eigenvalue weighted by atomic mass is 35.5. The molecule has 1 N–H and O–H groups in total. The van der Waals surface area contributed by atoms with Gasteiger partial charge in [-0.1, -0.05) is 59.1 Å². The van der Waals surface area contributed by atoms with Crippen LogP contribution in [0.25, 0.3) is 16.9 Å². The van der Waals surface area contributed by atoms with Crippen LogP contribution in [0.5, 0.6) is 11.5 Å². The number of carbonyl (C=O) groups excluding carboxylic acids is 1. The number of rotatable bonds is 6. The smallest absolute Gasteiger partial charge is 0.264 e. The Labute approximate surface area is 236 Å². The van der Waals surface area contributed by atoms with E-state index in [0.29, 0.717) is 51.0 Å². The number of hydrogen-bond acceptors (Lipinski definition) is 4. The first-order chi connectivity index (χ1) is 18.2. The van der Waals surface area contributed by atoms with Gasteiger partial charge in [-0.25, -0.2) is 4.68 Å². The van der Waals surface area contributed by atoms with Crippen molar-refractivity contribution < 1.29 is 14.3 Å². The molecule has 1 aliphatic rings. The van der Waals surface area contributed by atoms with Crippen LogP contribution in [0.2, 0.25) is 15.1 Å². The molecule has 0 saturated carbocycles. The van der Waals surface area contributed by atoms with E-state index in [1.54, 1.807) is 42.8 Å². The van der Waals surface area contributed by atoms with E-state index in [9.17, 15) is 4.79 Å². The summed E-state index contributed by atoms with van der Waals surface area (Å²) in [6, 6.07) is 21.5. The monoisotopic (exact) mass is 569 g/mol. The number of benzene rings is 3. The Morgan fingerprint density at radius 3 is 2.34 bits per heavy atom. The fraction of sp³-hybridized carbons (Fsp3) is 0.241. The predicted molar refractivity (Wildman–Crippen MR) is 151 cm³/mol. The molecule has 4 aromatic rings. The van der Waals surface area contributed by atoms with Gasteiger partial charge < -0.3 is 14.8 Å². The maximum atomic E-state index is 13.5. The Balaban J connectivity index is 1.53. The molecule has 0 saturated heterocycles. The summed E-state index contributed by atoms with van der Waals surface area (Å²) in [7, 11) is 0. The third-order valence-electron chi connectivity index (χ3n) is 6.32. The molecule has 0 bridgehead atoms. The zero-order chi connectivity index (χ0) is 26.9. The molecule has 6 nitrogen and oxygen atoms in total. The minimum Gasteiger partial charge on any atom is -0.489 e. The van der Waals surface area contributed by atoms with Crippen LogP contribution in [0, 0.1) is 0 Å². The lowest BCUT2D eigenvalue weighted by atomic mass is 10.0. The summed E-state index contributed by atoms with van der Waals surface area (Å²) >= 11 is 18.7. The molecule has 0 radical (unpaired) electrons. The maximum absolute atomic E-state index is 13.5.